The van der Waals surface area contributed by atoms with E-state index >= 15 is 0 Å². The van der Waals surface area contributed by atoms with Gasteiger partial charge in [-0.3, -0.25) is 9.78 Å². The van der Waals surface area contributed by atoms with Crippen LogP contribution in [0.5, 0.6) is 5.75 Å². The van der Waals surface area contributed by atoms with E-state index in [-0.39, 0.29) is 18.1 Å². The van der Waals surface area contributed by atoms with Gasteiger partial charge in [0.15, 0.2) is 0 Å². The second kappa shape index (κ2) is 7.56. The molecule has 1 saturated carbocycles. The molecule has 134 valence electrons. The predicted octanol–water partition coefficient (Wildman–Crippen LogP) is 2.94. The third-order valence-corrected chi connectivity index (χ3v) is 4.86. The summed E-state index contributed by atoms with van der Waals surface area (Å²) < 4.78 is 8.03. The van der Waals surface area contributed by atoms with Crippen molar-refractivity contribution in [3.05, 3.63) is 55.4 Å². The van der Waals surface area contributed by atoms with Gasteiger partial charge in [-0.05, 0) is 37.8 Å². The molecule has 0 spiro atoms. The lowest BCUT2D eigenvalue weighted by atomic mass is 9.93. The highest BCUT2D eigenvalue weighted by molar-refractivity contribution is 5.87. The smallest absolute Gasteiger partial charge is 0.240 e. The van der Waals surface area contributed by atoms with Crippen molar-refractivity contribution in [1.82, 2.24) is 19.9 Å². The third-order valence-electron chi connectivity index (χ3n) is 4.86. The molecule has 26 heavy (non-hydrogen) atoms. The maximum absolute atomic E-state index is 12.1. The number of carbonyl (C=O) groups excluding carboxylic acids is 1. The molecule has 1 aliphatic rings. The number of rotatable bonds is 5. The molecule has 4 rings (SSSR count). The Morgan fingerprint density at radius 2 is 2.04 bits per heavy atom. The van der Waals surface area contributed by atoms with E-state index < -0.39 is 0 Å². The van der Waals surface area contributed by atoms with Gasteiger partial charge in [-0.15, -0.1) is 0 Å². The highest BCUT2D eigenvalue weighted by atomic mass is 16.5. The van der Waals surface area contributed by atoms with Crippen LogP contribution in [-0.4, -0.2) is 32.6 Å². The number of hydrogen-bond acceptors (Lipinski definition) is 4. The lowest BCUT2D eigenvalue weighted by Gasteiger charge is -2.30. The van der Waals surface area contributed by atoms with Gasteiger partial charge >= 0.3 is 0 Å². The molecule has 0 radical (unpaired) electrons. The summed E-state index contributed by atoms with van der Waals surface area (Å²) in [5.74, 6) is 0.950. The summed E-state index contributed by atoms with van der Waals surface area (Å²) in [6.45, 7) is 0.320. The van der Waals surface area contributed by atoms with Crippen LogP contribution in [0.3, 0.4) is 0 Å². The normalized spacial score (nSPS) is 20.0. The molecule has 1 aliphatic carbocycles. The lowest BCUT2D eigenvalue weighted by Crippen LogP contribution is -2.41. The van der Waals surface area contributed by atoms with Crippen molar-refractivity contribution < 1.29 is 9.53 Å². The summed E-state index contributed by atoms with van der Waals surface area (Å²) in [7, 11) is 0. The summed E-state index contributed by atoms with van der Waals surface area (Å²) in [4.78, 5) is 20.2. The fraction of sp³-hybridized carbons (Fsp3) is 0.350. The quantitative estimate of drug-likeness (QED) is 0.768. The zero-order valence-corrected chi connectivity index (χ0v) is 14.5. The van der Waals surface area contributed by atoms with Crippen molar-refractivity contribution in [3.63, 3.8) is 0 Å². The highest BCUT2D eigenvalue weighted by Gasteiger charge is 2.24. The predicted molar refractivity (Wildman–Crippen MR) is 98.8 cm³/mol. The minimum atomic E-state index is 0.0360. The number of ether oxygens (including phenoxy) is 1. The zero-order chi connectivity index (χ0) is 17.8. The number of nitrogens with zero attached hydrogens (tertiary/aromatic N) is 3. The molecule has 3 aromatic rings. The Morgan fingerprint density at radius 1 is 1.15 bits per heavy atom. The van der Waals surface area contributed by atoms with E-state index in [1.807, 2.05) is 30.5 Å². The first kappa shape index (κ1) is 16.6. The minimum absolute atomic E-state index is 0.0360. The van der Waals surface area contributed by atoms with E-state index in [2.05, 4.69) is 15.3 Å². The van der Waals surface area contributed by atoms with Crippen LogP contribution in [-0.2, 0) is 11.3 Å². The largest absolute Gasteiger partial charge is 0.490 e. The Balaban J connectivity index is 1.30. The van der Waals surface area contributed by atoms with Gasteiger partial charge in [0.05, 0.1) is 12.4 Å². The number of imidazole rings is 1. The molecule has 0 atom stereocenters. The van der Waals surface area contributed by atoms with Crippen LogP contribution >= 0.6 is 0 Å². The van der Waals surface area contributed by atoms with Crippen molar-refractivity contribution in [1.29, 1.82) is 0 Å². The number of nitrogens with one attached hydrogen (secondary N) is 1. The van der Waals surface area contributed by atoms with Gasteiger partial charge in [0.2, 0.25) is 5.91 Å². The molecular weight excluding hydrogens is 328 g/mol. The minimum Gasteiger partial charge on any atom is -0.490 e. The summed E-state index contributed by atoms with van der Waals surface area (Å²) in [6.07, 6.45) is 12.7. The first-order chi connectivity index (χ1) is 12.8. The maximum atomic E-state index is 12.1. The van der Waals surface area contributed by atoms with E-state index in [1.54, 1.807) is 29.5 Å². The number of fused-ring (bicyclic) bond motifs is 1. The molecule has 1 N–H and O–H groups in total. The second-order valence-electron chi connectivity index (χ2n) is 6.75. The summed E-state index contributed by atoms with van der Waals surface area (Å²) >= 11 is 0. The van der Waals surface area contributed by atoms with Gasteiger partial charge < -0.3 is 14.6 Å². The highest BCUT2D eigenvalue weighted by Crippen LogP contribution is 2.29. The molecule has 6 nitrogen and oxygen atoms in total. The first-order valence-electron chi connectivity index (χ1n) is 9.02. The topological polar surface area (TPSA) is 69.0 Å². The van der Waals surface area contributed by atoms with Gasteiger partial charge in [-0.1, -0.05) is 12.1 Å². The number of pyridine rings is 1. The number of carbonyl (C=O) groups is 1. The molecule has 0 aliphatic heterocycles. The van der Waals surface area contributed by atoms with E-state index in [0.29, 0.717) is 6.54 Å². The number of amides is 1. The summed E-state index contributed by atoms with van der Waals surface area (Å²) in [6, 6.07) is 8.28. The van der Waals surface area contributed by atoms with Gasteiger partial charge in [-0.25, -0.2) is 4.98 Å². The zero-order valence-electron chi connectivity index (χ0n) is 14.5. The maximum Gasteiger partial charge on any atom is 0.240 e. The molecular formula is C20H22N4O2. The molecule has 0 bridgehead atoms. The average molecular weight is 350 g/mol. The second-order valence-corrected chi connectivity index (χ2v) is 6.75. The van der Waals surface area contributed by atoms with E-state index in [0.717, 1.165) is 42.2 Å². The van der Waals surface area contributed by atoms with Crippen molar-refractivity contribution in [2.75, 3.05) is 0 Å². The SMILES string of the molecule is O=C(Cn1ccnc1)NC1CCC(Oc2cccc3cnccc23)CC1. The van der Waals surface area contributed by atoms with E-state index in [4.69, 9.17) is 4.74 Å². The first-order valence-corrected chi connectivity index (χ1v) is 9.02. The Morgan fingerprint density at radius 3 is 2.85 bits per heavy atom. The molecule has 1 fully saturated rings. The molecule has 0 saturated heterocycles. The van der Waals surface area contributed by atoms with Gasteiger partial charge in [0.25, 0.3) is 0 Å². The van der Waals surface area contributed by atoms with Crippen LogP contribution in [0.4, 0.5) is 0 Å². The Bertz CT molecular complexity index is 865. The molecule has 2 heterocycles. The Kier molecular flexibility index (Phi) is 4.82. The van der Waals surface area contributed by atoms with Crippen molar-refractivity contribution in [3.8, 4) is 5.75 Å². The van der Waals surface area contributed by atoms with Crippen molar-refractivity contribution in [2.45, 2.75) is 44.4 Å². The van der Waals surface area contributed by atoms with Crippen molar-refractivity contribution >= 4 is 16.7 Å². The molecule has 1 amide bonds. The van der Waals surface area contributed by atoms with Crippen molar-refractivity contribution in [2.24, 2.45) is 0 Å². The Hall–Kier alpha value is -2.89. The summed E-state index contributed by atoms with van der Waals surface area (Å²) in [5.41, 5.74) is 0. The standard InChI is InChI=1S/C20H22N4O2/c25-20(13-24-11-10-22-14-24)23-16-4-6-17(7-5-16)26-19-3-1-2-15-12-21-9-8-18(15)19/h1-3,8-12,14,16-17H,4-7,13H2,(H,23,25). The molecule has 0 unspecified atom stereocenters. The van der Waals surface area contributed by atoms with Crippen LogP contribution in [0.15, 0.2) is 55.4 Å². The van der Waals surface area contributed by atoms with E-state index in [9.17, 15) is 4.79 Å². The van der Waals surface area contributed by atoms with Crippen LogP contribution in [0, 0.1) is 0 Å². The third kappa shape index (κ3) is 3.85. The molecule has 2 aromatic heterocycles. The van der Waals surface area contributed by atoms with Gasteiger partial charge in [0.1, 0.15) is 12.3 Å². The van der Waals surface area contributed by atoms with Crippen LogP contribution in [0.2, 0.25) is 0 Å². The molecule has 1 aromatic carbocycles. The van der Waals surface area contributed by atoms with Crippen LogP contribution in [0.25, 0.3) is 10.8 Å². The Labute approximate surface area is 152 Å². The van der Waals surface area contributed by atoms with Gasteiger partial charge in [-0.2, -0.15) is 0 Å². The number of aromatic nitrogens is 3. The molecule has 6 heteroatoms. The lowest BCUT2D eigenvalue weighted by molar-refractivity contribution is -0.122. The van der Waals surface area contributed by atoms with Gasteiger partial charge in [0, 0.05) is 41.6 Å². The summed E-state index contributed by atoms with van der Waals surface area (Å²) in [5, 5.41) is 5.30. The fourth-order valence-electron chi connectivity index (χ4n) is 3.52. The van der Waals surface area contributed by atoms with Crippen LogP contribution in [0.1, 0.15) is 25.7 Å². The van der Waals surface area contributed by atoms with E-state index in [1.165, 1.54) is 0 Å². The fourth-order valence-corrected chi connectivity index (χ4v) is 3.52. The number of benzene rings is 1. The number of hydrogen-bond donors (Lipinski definition) is 1. The van der Waals surface area contributed by atoms with Crippen LogP contribution < -0.4 is 10.1 Å². The average Bonchev–Trinajstić information content (AvgIpc) is 3.16. The monoisotopic (exact) mass is 350 g/mol.